The summed E-state index contributed by atoms with van der Waals surface area (Å²) < 4.78 is 0. The van der Waals surface area contributed by atoms with Crippen LogP contribution in [-0.4, -0.2) is 21.8 Å². The van der Waals surface area contributed by atoms with Gasteiger partial charge in [0.15, 0.2) is 0 Å². The SMILES string of the molecule is Cc1ccc(CNC(=O)c2cccc(C(=O)NCc3cccnc3)n2)cc1. The molecule has 0 aliphatic rings. The van der Waals surface area contributed by atoms with Crippen LogP contribution in [0.15, 0.2) is 67.0 Å². The number of aromatic nitrogens is 2. The predicted molar refractivity (Wildman–Crippen MR) is 102 cm³/mol. The summed E-state index contributed by atoms with van der Waals surface area (Å²) in [5.74, 6) is -0.662. The maximum atomic E-state index is 12.3. The van der Waals surface area contributed by atoms with E-state index in [9.17, 15) is 9.59 Å². The molecule has 0 fully saturated rings. The molecule has 0 saturated heterocycles. The quantitative estimate of drug-likeness (QED) is 0.708. The van der Waals surface area contributed by atoms with E-state index in [0.29, 0.717) is 13.1 Å². The third-order valence-corrected chi connectivity index (χ3v) is 3.96. The molecule has 2 N–H and O–H groups in total. The summed E-state index contributed by atoms with van der Waals surface area (Å²) >= 11 is 0. The van der Waals surface area contributed by atoms with E-state index in [1.165, 1.54) is 0 Å². The maximum Gasteiger partial charge on any atom is 0.270 e. The number of amides is 2. The molecule has 0 aliphatic carbocycles. The molecule has 0 saturated carbocycles. The Morgan fingerprint density at radius 1 is 0.815 bits per heavy atom. The summed E-state index contributed by atoms with van der Waals surface area (Å²) in [4.78, 5) is 32.8. The van der Waals surface area contributed by atoms with E-state index in [-0.39, 0.29) is 23.2 Å². The Kier molecular flexibility index (Phi) is 5.89. The molecule has 0 aliphatic heterocycles. The smallest absolute Gasteiger partial charge is 0.270 e. The zero-order chi connectivity index (χ0) is 19.1. The molecule has 0 unspecified atom stereocenters. The number of carbonyl (C=O) groups is 2. The largest absolute Gasteiger partial charge is 0.347 e. The lowest BCUT2D eigenvalue weighted by Gasteiger charge is -2.08. The lowest BCUT2D eigenvalue weighted by Crippen LogP contribution is -2.27. The van der Waals surface area contributed by atoms with E-state index in [1.807, 2.05) is 37.3 Å². The highest BCUT2D eigenvalue weighted by Crippen LogP contribution is 2.05. The zero-order valence-electron chi connectivity index (χ0n) is 15.0. The van der Waals surface area contributed by atoms with E-state index in [4.69, 9.17) is 0 Å². The van der Waals surface area contributed by atoms with Gasteiger partial charge < -0.3 is 10.6 Å². The molecule has 2 heterocycles. The van der Waals surface area contributed by atoms with Crippen LogP contribution >= 0.6 is 0 Å². The van der Waals surface area contributed by atoms with E-state index in [1.54, 1.807) is 36.7 Å². The Morgan fingerprint density at radius 2 is 1.44 bits per heavy atom. The van der Waals surface area contributed by atoms with Gasteiger partial charge in [-0.3, -0.25) is 14.6 Å². The van der Waals surface area contributed by atoms with Gasteiger partial charge in [-0.1, -0.05) is 42.0 Å². The van der Waals surface area contributed by atoms with E-state index >= 15 is 0 Å². The zero-order valence-corrected chi connectivity index (χ0v) is 15.0. The first-order valence-electron chi connectivity index (χ1n) is 8.60. The number of benzene rings is 1. The highest BCUT2D eigenvalue weighted by molar-refractivity contribution is 5.96. The van der Waals surface area contributed by atoms with Crippen molar-refractivity contribution in [1.82, 2.24) is 20.6 Å². The number of nitrogens with one attached hydrogen (secondary N) is 2. The third-order valence-electron chi connectivity index (χ3n) is 3.96. The number of hydrogen-bond donors (Lipinski definition) is 2. The number of rotatable bonds is 6. The van der Waals surface area contributed by atoms with Gasteiger partial charge >= 0.3 is 0 Å². The summed E-state index contributed by atoms with van der Waals surface area (Å²) in [6.07, 6.45) is 3.36. The number of aryl methyl sites for hydroxylation is 1. The summed E-state index contributed by atoms with van der Waals surface area (Å²) in [5, 5.41) is 5.59. The Labute approximate surface area is 157 Å². The molecule has 3 rings (SSSR count). The Morgan fingerprint density at radius 3 is 2.04 bits per heavy atom. The average Bonchev–Trinajstić information content (AvgIpc) is 2.72. The normalized spacial score (nSPS) is 10.3. The molecule has 3 aromatic rings. The molecular formula is C21H20N4O2. The van der Waals surface area contributed by atoms with Crippen molar-refractivity contribution in [2.24, 2.45) is 0 Å². The molecule has 1 aromatic carbocycles. The van der Waals surface area contributed by atoms with Crippen LogP contribution in [-0.2, 0) is 13.1 Å². The fourth-order valence-electron chi connectivity index (χ4n) is 2.44. The fraction of sp³-hybridized carbons (Fsp3) is 0.143. The second-order valence-electron chi connectivity index (χ2n) is 6.12. The second-order valence-corrected chi connectivity index (χ2v) is 6.12. The summed E-state index contributed by atoms with van der Waals surface area (Å²) in [6.45, 7) is 2.76. The van der Waals surface area contributed by atoms with Gasteiger partial charge in [0.05, 0.1) is 0 Å². The van der Waals surface area contributed by atoms with Gasteiger partial charge in [0, 0.05) is 25.5 Å². The molecule has 2 amide bonds. The van der Waals surface area contributed by atoms with Crippen molar-refractivity contribution in [2.45, 2.75) is 20.0 Å². The predicted octanol–water partition coefficient (Wildman–Crippen LogP) is 2.65. The standard InChI is InChI=1S/C21H20N4O2/c1-15-7-9-16(10-8-15)13-23-20(26)18-5-2-6-19(25-18)21(27)24-14-17-4-3-11-22-12-17/h2-12H,13-14H2,1H3,(H,23,26)(H,24,27). The van der Waals surface area contributed by atoms with Crippen molar-refractivity contribution in [3.63, 3.8) is 0 Å². The monoisotopic (exact) mass is 360 g/mol. The van der Waals surface area contributed by atoms with Crippen molar-refractivity contribution >= 4 is 11.8 Å². The fourth-order valence-corrected chi connectivity index (χ4v) is 2.44. The average molecular weight is 360 g/mol. The molecule has 6 heteroatoms. The van der Waals surface area contributed by atoms with Gasteiger partial charge in [-0.15, -0.1) is 0 Å². The van der Waals surface area contributed by atoms with Crippen molar-refractivity contribution in [2.75, 3.05) is 0 Å². The van der Waals surface area contributed by atoms with Crippen molar-refractivity contribution in [1.29, 1.82) is 0 Å². The minimum atomic E-state index is -0.341. The first kappa shape index (κ1) is 18.3. The Bertz CT molecular complexity index is 924. The van der Waals surface area contributed by atoms with Crippen LogP contribution in [0.1, 0.15) is 37.7 Å². The van der Waals surface area contributed by atoms with Crippen LogP contribution in [0.4, 0.5) is 0 Å². The second kappa shape index (κ2) is 8.71. The molecular weight excluding hydrogens is 340 g/mol. The van der Waals surface area contributed by atoms with Crippen molar-refractivity contribution in [3.05, 3.63) is 95.1 Å². The highest BCUT2D eigenvalue weighted by atomic mass is 16.2. The molecule has 27 heavy (non-hydrogen) atoms. The van der Waals surface area contributed by atoms with Crippen LogP contribution in [0.2, 0.25) is 0 Å². The van der Waals surface area contributed by atoms with Crippen molar-refractivity contribution in [3.8, 4) is 0 Å². The Balaban J connectivity index is 1.59. The van der Waals surface area contributed by atoms with Crippen molar-refractivity contribution < 1.29 is 9.59 Å². The number of carbonyl (C=O) groups excluding carboxylic acids is 2. The van der Waals surface area contributed by atoms with Crippen LogP contribution in [0.3, 0.4) is 0 Å². The first-order valence-corrected chi connectivity index (χ1v) is 8.60. The van der Waals surface area contributed by atoms with Gasteiger partial charge in [0.25, 0.3) is 11.8 Å². The van der Waals surface area contributed by atoms with Crippen LogP contribution in [0.5, 0.6) is 0 Å². The molecule has 6 nitrogen and oxygen atoms in total. The van der Waals surface area contributed by atoms with Gasteiger partial charge in [-0.25, -0.2) is 4.98 Å². The van der Waals surface area contributed by atoms with Gasteiger partial charge in [0.1, 0.15) is 11.4 Å². The third kappa shape index (κ3) is 5.22. The topological polar surface area (TPSA) is 84.0 Å². The lowest BCUT2D eigenvalue weighted by molar-refractivity contribution is 0.0941. The Hall–Kier alpha value is -3.54. The van der Waals surface area contributed by atoms with Gasteiger partial charge in [0.2, 0.25) is 0 Å². The lowest BCUT2D eigenvalue weighted by atomic mass is 10.1. The molecule has 0 atom stereocenters. The van der Waals surface area contributed by atoms with E-state index in [0.717, 1.165) is 16.7 Å². The number of hydrogen-bond acceptors (Lipinski definition) is 4. The van der Waals surface area contributed by atoms with Crippen LogP contribution < -0.4 is 10.6 Å². The summed E-state index contributed by atoms with van der Waals surface area (Å²) in [6, 6.07) is 16.4. The van der Waals surface area contributed by atoms with E-state index < -0.39 is 0 Å². The molecule has 0 bridgehead atoms. The van der Waals surface area contributed by atoms with E-state index in [2.05, 4.69) is 20.6 Å². The minimum absolute atomic E-state index is 0.196. The minimum Gasteiger partial charge on any atom is -0.347 e. The summed E-state index contributed by atoms with van der Waals surface area (Å²) in [5.41, 5.74) is 3.45. The first-order chi connectivity index (χ1) is 13.1. The summed E-state index contributed by atoms with van der Waals surface area (Å²) in [7, 11) is 0. The highest BCUT2D eigenvalue weighted by Gasteiger charge is 2.12. The van der Waals surface area contributed by atoms with Crippen LogP contribution in [0.25, 0.3) is 0 Å². The van der Waals surface area contributed by atoms with Gasteiger partial charge in [-0.05, 0) is 36.2 Å². The number of nitrogens with zero attached hydrogens (tertiary/aromatic N) is 2. The molecule has 136 valence electrons. The molecule has 0 radical (unpaired) electrons. The van der Waals surface area contributed by atoms with Gasteiger partial charge in [-0.2, -0.15) is 0 Å². The molecule has 0 spiro atoms. The van der Waals surface area contributed by atoms with Crippen LogP contribution in [0, 0.1) is 6.92 Å². The number of pyridine rings is 2. The maximum absolute atomic E-state index is 12.3. The molecule has 2 aromatic heterocycles.